The predicted molar refractivity (Wildman–Crippen MR) is 95.6 cm³/mol. The number of likely N-dealkylation sites (N-methyl/N-ethyl adjacent to an activating group) is 1. The van der Waals surface area contributed by atoms with E-state index in [2.05, 4.69) is 0 Å². The highest BCUT2D eigenvalue weighted by Gasteiger charge is 2.57. The van der Waals surface area contributed by atoms with Crippen LogP contribution in [0.25, 0.3) is 0 Å². The number of halogens is 1. The molecular weight excluding hydrogens is 353 g/mol. The largest absolute Gasteiger partial charge is 0.505 e. The molecule has 2 aliphatic heterocycles. The minimum atomic E-state index is -0.905. The summed E-state index contributed by atoms with van der Waals surface area (Å²) in [5, 5.41) is 9.49. The van der Waals surface area contributed by atoms with Crippen molar-refractivity contribution in [2.24, 2.45) is 5.92 Å². The Morgan fingerprint density at radius 1 is 1.26 bits per heavy atom. The van der Waals surface area contributed by atoms with E-state index in [4.69, 9.17) is 0 Å². The number of hydrogen-bond donors (Lipinski definition) is 1. The first-order chi connectivity index (χ1) is 12.7. The number of benzene rings is 1. The molecule has 2 saturated heterocycles. The van der Waals surface area contributed by atoms with E-state index in [9.17, 15) is 23.9 Å². The van der Waals surface area contributed by atoms with Crippen molar-refractivity contribution in [3.63, 3.8) is 0 Å². The Hall–Kier alpha value is -2.64. The van der Waals surface area contributed by atoms with Crippen LogP contribution in [-0.2, 0) is 4.79 Å². The van der Waals surface area contributed by atoms with E-state index >= 15 is 0 Å². The van der Waals surface area contributed by atoms with E-state index < -0.39 is 17.1 Å². The summed E-state index contributed by atoms with van der Waals surface area (Å²) in [4.78, 5) is 42.3. The second-order valence-electron chi connectivity index (χ2n) is 7.64. The summed E-state index contributed by atoms with van der Waals surface area (Å²) in [7, 11) is 1.49. The third-order valence-electron chi connectivity index (χ3n) is 5.36. The summed E-state index contributed by atoms with van der Waals surface area (Å²) in [6.07, 6.45) is 0.709. The van der Waals surface area contributed by atoms with Crippen molar-refractivity contribution in [1.82, 2.24) is 14.7 Å². The average Bonchev–Trinajstić information content (AvgIpc) is 2.80. The van der Waals surface area contributed by atoms with Gasteiger partial charge in [0.25, 0.3) is 11.8 Å². The Labute approximate surface area is 157 Å². The molecule has 3 rings (SSSR count). The van der Waals surface area contributed by atoms with Gasteiger partial charge in [-0.25, -0.2) is 9.18 Å². The van der Waals surface area contributed by atoms with Gasteiger partial charge in [0.15, 0.2) is 11.6 Å². The number of carbonyl (C=O) groups excluding carboxylic acids is 3. The number of nitrogens with zero attached hydrogens (tertiary/aromatic N) is 3. The van der Waals surface area contributed by atoms with E-state index in [0.717, 1.165) is 17.0 Å². The second-order valence-corrected chi connectivity index (χ2v) is 7.64. The van der Waals surface area contributed by atoms with E-state index in [0.29, 0.717) is 32.5 Å². The number of carbonyl (C=O) groups is 3. The standard InChI is InChI=1S/C19H24FN3O4/c1-12(2)11-23-18(27)21(3)17(26)19(23)6-8-22(9-7-19)16(25)13-4-5-14(20)15(24)10-13/h4-5,10,12,24H,6-9,11H2,1-3H3. The van der Waals surface area contributed by atoms with Crippen molar-refractivity contribution in [2.45, 2.75) is 32.2 Å². The van der Waals surface area contributed by atoms with Crippen LogP contribution in [0.4, 0.5) is 9.18 Å². The Morgan fingerprint density at radius 2 is 1.89 bits per heavy atom. The number of phenols is 1. The average molecular weight is 377 g/mol. The smallest absolute Gasteiger partial charge is 0.327 e. The number of piperidine rings is 1. The van der Waals surface area contributed by atoms with Crippen LogP contribution in [0.5, 0.6) is 5.75 Å². The van der Waals surface area contributed by atoms with Crippen molar-refractivity contribution in [2.75, 3.05) is 26.7 Å². The van der Waals surface area contributed by atoms with Crippen LogP contribution >= 0.6 is 0 Å². The number of urea groups is 1. The molecule has 8 heteroatoms. The molecule has 2 heterocycles. The summed E-state index contributed by atoms with van der Waals surface area (Å²) >= 11 is 0. The van der Waals surface area contributed by atoms with Gasteiger partial charge in [-0.15, -0.1) is 0 Å². The zero-order valence-corrected chi connectivity index (χ0v) is 15.7. The van der Waals surface area contributed by atoms with Crippen LogP contribution in [0.3, 0.4) is 0 Å². The molecule has 1 N–H and O–H groups in total. The molecule has 0 saturated carbocycles. The zero-order chi connectivity index (χ0) is 19.9. The van der Waals surface area contributed by atoms with E-state index in [1.807, 2.05) is 13.8 Å². The van der Waals surface area contributed by atoms with Crippen LogP contribution in [0.2, 0.25) is 0 Å². The van der Waals surface area contributed by atoms with Gasteiger partial charge >= 0.3 is 6.03 Å². The van der Waals surface area contributed by atoms with E-state index in [1.165, 1.54) is 13.1 Å². The lowest BCUT2D eigenvalue weighted by atomic mass is 9.85. The van der Waals surface area contributed by atoms with Gasteiger partial charge in [-0.05, 0) is 37.0 Å². The molecule has 1 aromatic rings. The van der Waals surface area contributed by atoms with Gasteiger partial charge in [-0.1, -0.05) is 13.8 Å². The summed E-state index contributed by atoms with van der Waals surface area (Å²) in [5.74, 6) is -1.70. The zero-order valence-electron chi connectivity index (χ0n) is 15.7. The third kappa shape index (κ3) is 3.13. The highest BCUT2D eigenvalue weighted by atomic mass is 19.1. The molecular formula is C19H24FN3O4. The van der Waals surface area contributed by atoms with Gasteiger partial charge in [0, 0.05) is 32.2 Å². The van der Waals surface area contributed by atoms with Crippen molar-refractivity contribution >= 4 is 17.8 Å². The number of amides is 4. The first kappa shape index (κ1) is 19.1. The van der Waals surface area contributed by atoms with Crippen LogP contribution < -0.4 is 0 Å². The van der Waals surface area contributed by atoms with Gasteiger partial charge in [0.05, 0.1) is 0 Å². The Balaban J connectivity index is 1.78. The maximum absolute atomic E-state index is 13.2. The molecule has 146 valence electrons. The molecule has 2 fully saturated rings. The monoisotopic (exact) mass is 377 g/mol. The van der Waals surface area contributed by atoms with Crippen molar-refractivity contribution in [3.05, 3.63) is 29.6 Å². The maximum atomic E-state index is 13.2. The summed E-state index contributed by atoms with van der Waals surface area (Å²) < 4.78 is 13.2. The fraction of sp³-hybridized carbons (Fsp3) is 0.526. The van der Waals surface area contributed by atoms with Crippen LogP contribution in [0.15, 0.2) is 18.2 Å². The van der Waals surface area contributed by atoms with Crippen molar-refractivity contribution in [1.29, 1.82) is 0 Å². The molecule has 1 aromatic carbocycles. The van der Waals surface area contributed by atoms with Gasteiger partial charge in [0.1, 0.15) is 5.54 Å². The van der Waals surface area contributed by atoms with Crippen molar-refractivity contribution < 1.29 is 23.9 Å². The maximum Gasteiger partial charge on any atom is 0.327 e. The highest BCUT2D eigenvalue weighted by Crippen LogP contribution is 2.37. The van der Waals surface area contributed by atoms with Gasteiger partial charge in [-0.3, -0.25) is 14.5 Å². The molecule has 0 aromatic heterocycles. The molecule has 27 heavy (non-hydrogen) atoms. The Morgan fingerprint density at radius 3 is 2.44 bits per heavy atom. The quantitative estimate of drug-likeness (QED) is 0.818. The van der Waals surface area contributed by atoms with Crippen LogP contribution in [0, 0.1) is 11.7 Å². The molecule has 1 spiro atoms. The van der Waals surface area contributed by atoms with E-state index in [1.54, 1.807) is 9.80 Å². The topological polar surface area (TPSA) is 81.2 Å². The molecule has 0 radical (unpaired) electrons. The van der Waals surface area contributed by atoms with Crippen molar-refractivity contribution in [3.8, 4) is 5.75 Å². The summed E-state index contributed by atoms with van der Waals surface area (Å²) in [5.41, 5.74) is -0.715. The molecule has 7 nitrogen and oxygen atoms in total. The molecule has 4 amide bonds. The highest BCUT2D eigenvalue weighted by molar-refractivity contribution is 6.07. The van der Waals surface area contributed by atoms with Gasteiger partial charge in [-0.2, -0.15) is 0 Å². The van der Waals surface area contributed by atoms with Crippen LogP contribution in [-0.4, -0.2) is 69.9 Å². The molecule has 0 bridgehead atoms. The number of phenolic OH excluding ortho intramolecular Hbond substituents is 1. The lowest BCUT2D eigenvalue weighted by Gasteiger charge is -2.42. The molecule has 0 aliphatic carbocycles. The number of hydrogen-bond acceptors (Lipinski definition) is 4. The van der Waals surface area contributed by atoms with Gasteiger partial charge in [0.2, 0.25) is 0 Å². The fourth-order valence-corrected chi connectivity index (χ4v) is 3.89. The summed E-state index contributed by atoms with van der Waals surface area (Å²) in [6.45, 7) is 5.07. The minimum absolute atomic E-state index is 0.190. The molecule has 0 atom stereocenters. The minimum Gasteiger partial charge on any atom is -0.505 e. The number of likely N-dealkylation sites (tertiary alicyclic amines) is 1. The summed E-state index contributed by atoms with van der Waals surface area (Å²) in [6, 6.07) is 3.18. The van der Waals surface area contributed by atoms with E-state index in [-0.39, 0.29) is 29.3 Å². The van der Waals surface area contributed by atoms with Crippen LogP contribution in [0.1, 0.15) is 37.0 Å². The lowest BCUT2D eigenvalue weighted by Crippen LogP contribution is -2.58. The first-order valence-corrected chi connectivity index (χ1v) is 9.05. The predicted octanol–water partition coefficient (Wildman–Crippen LogP) is 2.06. The number of rotatable bonds is 3. The first-order valence-electron chi connectivity index (χ1n) is 9.05. The second kappa shape index (κ2) is 6.83. The van der Waals surface area contributed by atoms with Gasteiger partial charge < -0.3 is 14.9 Å². The molecule has 0 unspecified atom stereocenters. The lowest BCUT2D eigenvalue weighted by molar-refractivity contribution is -0.134. The number of imide groups is 1. The third-order valence-corrected chi connectivity index (χ3v) is 5.36. The SMILES string of the molecule is CC(C)CN1C(=O)N(C)C(=O)C12CCN(C(=O)c1ccc(F)c(O)c1)CC2. The Bertz CT molecular complexity index is 787. The number of aromatic hydroxyl groups is 1. The molecule has 2 aliphatic rings. The normalized spacial score (nSPS) is 19.5. The Kier molecular flexibility index (Phi) is 4.84. The fourth-order valence-electron chi connectivity index (χ4n) is 3.89.